The molecule has 0 saturated carbocycles. The smallest absolute Gasteiger partial charge is 0.265 e. The molecule has 0 saturated heterocycles. The van der Waals surface area contributed by atoms with Crippen molar-refractivity contribution in [1.29, 1.82) is 0 Å². The maximum atomic E-state index is 12.5. The van der Waals surface area contributed by atoms with Gasteiger partial charge < -0.3 is 19.7 Å². The Kier molecular flexibility index (Phi) is 5.16. The van der Waals surface area contributed by atoms with Gasteiger partial charge in [-0.3, -0.25) is 9.59 Å². The van der Waals surface area contributed by atoms with E-state index in [4.69, 9.17) is 9.47 Å². The summed E-state index contributed by atoms with van der Waals surface area (Å²) in [6.07, 6.45) is 0. The summed E-state index contributed by atoms with van der Waals surface area (Å²) in [5, 5.41) is 2.86. The number of anilines is 2. The molecule has 0 atom stereocenters. The van der Waals surface area contributed by atoms with E-state index >= 15 is 0 Å². The van der Waals surface area contributed by atoms with Crippen molar-refractivity contribution in [2.24, 2.45) is 0 Å². The molecule has 0 bridgehead atoms. The van der Waals surface area contributed by atoms with Crippen LogP contribution in [0, 0.1) is 0 Å². The SMILES string of the molecule is COc1ccc(C(=O)Nc2ccc3c(c2)OCC(=O)N3Cc2ccccc2)cc1. The van der Waals surface area contributed by atoms with Gasteiger partial charge in [-0.05, 0) is 42.0 Å². The predicted molar refractivity (Wildman–Crippen MR) is 111 cm³/mol. The second-order valence-electron chi connectivity index (χ2n) is 6.62. The quantitative estimate of drug-likeness (QED) is 0.720. The highest BCUT2D eigenvalue weighted by Crippen LogP contribution is 2.35. The summed E-state index contributed by atoms with van der Waals surface area (Å²) >= 11 is 0. The van der Waals surface area contributed by atoms with Gasteiger partial charge in [0.25, 0.3) is 11.8 Å². The van der Waals surface area contributed by atoms with Crippen LogP contribution in [0.15, 0.2) is 72.8 Å². The molecule has 3 aromatic rings. The summed E-state index contributed by atoms with van der Waals surface area (Å²) in [7, 11) is 1.58. The largest absolute Gasteiger partial charge is 0.497 e. The molecule has 0 spiro atoms. The maximum Gasteiger partial charge on any atom is 0.265 e. The number of amides is 2. The van der Waals surface area contributed by atoms with Crippen LogP contribution >= 0.6 is 0 Å². The molecule has 1 aliphatic rings. The lowest BCUT2D eigenvalue weighted by Crippen LogP contribution is -2.38. The number of rotatable bonds is 5. The molecule has 1 N–H and O–H groups in total. The number of ether oxygens (including phenoxy) is 2. The molecule has 2 amide bonds. The van der Waals surface area contributed by atoms with Crippen LogP contribution in [0.4, 0.5) is 11.4 Å². The lowest BCUT2D eigenvalue weighted by atomic mass is 10.1. The summed E-state index contributed by atoms with van der Waals surface area (Å²) in [6.45, 7) is 0.434. The van der Waals surface area contributed by atoms with E-state index in [1.807, 2.05) is 30.3 Å². The molecular formula is C23H20N2O4. The monoisotopic (exact) mass is 388 g/mol. The molecular weight excluding hydrogens is 368 g/mol. The summed E-state index contributed by atoms with van der Waals surface area (Å²) in [4.78, 5) is 26.6. The average Bonchev–Trinajstić information content (AvgIpc) is 2.76. The van der Waals surface area contributed by atoms with E-state index in [-0.39, 0.29) is 18.4 Å². The van der Waals surface area contributed by atoms with Gasteiger partial charge in [-0.1, -0.05) is 30.3 Å². The first-order valence-electron chi connectivity index (χ1n) is 9.20. The second-order valence-corrected chi connectivity index (χ2v) is 6.62. The third-order valence-electron chi connectivity index (χ3n) is 4.70. The lowest BCUT2D eigenvalue weighted by Gasteiger charge is -2.29. The predicted octanol–water partition coefficient (Wildman–Crippen LogP) is 3.87. The number of hydrogen-bond donors (Lipinski definition) is 1. The number of benzene rings is 3. The molecule has 0 aliphatic carbocycles. The van der Waals surface area contributed by atoms with Gasteiger partial charge in [0, 0.05) is 17.3 Å². The normalized spacial score (nSPS) is 12.7. The Morgan fingerprint density at radius 1 is 1.07 bits per heavy atom. The topological polar surface area (TPSA) is 67.9 Å². The first kappa shape index (κ1) is 18.6. The summed E-state index contributed by atoms with van der Waals surface area (Å²) in [6, 6.07) is 21.9. The summed E-state index contributed by atoms with van der Waals surface area (Å²) < 4.78 is 10.7. The number of carbonyl (C=O) groups excluding carboxylic acids is 2. The van der Waals surface area contributed by atoms with Crippen molar-refractivity contribution in [2.45, 2.75) is 6.54 Å². The van der Waals surface area contributed by atoms with Crippen LogP contribution in [-0.4, -0.2) is 25.5 Å². The van der Waals surface area contributed by atoms with Gasteiger partial charge in [0.15, 0.2) is 6.61 Å². The molecule has 4 rings (SSSR count). The number of carbonyl (C=O) groups is 2. The van der Waals surface area contributed by atoms with E-state index in [0.717, 1.165) is 5.56 Å². The van der Waals surface area contributed by atoms with Gasteiger partial charge >= 0.3 is 0 Å². The molecule has 1 heterocycles. The third kappa shape index (κ3) is 4.06. The molecule has 0 radical (unpaired) electrons. The highest BCUT2D eigenvalue weighted by molar-refractivity contribution is 6.05. The Labute approximate surface area is 168 Å². The number of hydrogen-bond acceptors (Lipinski definition) is 4. The first-order valence-corrected chi connectivity index (χ1v) is 9.20. The lowest BCUT2D eigenvalue weighted by molar-refractivity contribution is -0.121. The van der Waals surface area contributed by atoms with Gasteiger partial charge in [-0.15, -0.1) is 0 Å². The molecule has 6 heteroatoms. The standard InChI is InChI=1S/C23H20N2O4/c1-28-19-10-7-17(8-11-19)23(27)24-18-9-12-20-21(13-18)29-15-22(26)25(20)14-16-5-3-2-4-6-16/h2-13H,14-15H2,1H3,(H,24,27). The van der Waals surface area contributed by atoms with Gasteiger partial charge in [0.05, 0.1) is 19.3 Å². The molecule has 146 valence electrons. The zero-order valence-electron chi connectivity index (χ0n) is 15.9. The van der Waals surface area contributed by atoms with Crippen LogP contribution in [0.2, 0.25) is 0 Å². The fourth-order valence-corrected chi connectivity index (χ4v) is 3.17. The summed E-state index contributed by atoms with van der Waals surface area (Å²) in [5.74, 6) is 0.914. The Morgan fingerprint density at radius 2 is 1.83 bits per heavy atom. The molecule has 6 nitrogen and oxygen atoms in total. The summed E-state index contributed by atoms with van der Waals surface area (Å²) in [5.41, 5.74) is 2.84. The minimum atomic E-state index is -0.236. The van der Waals surface area contributed by atoms with Crippen molar-refractivity contribution in [3.8, 4) is 11.5 Å². The van der Waals surface area contributed by atoms with Crippen LogP contribution < -0.4 is 19.7 Å². The van der Waals surface area contributed by atoms with E-state index in [9.17, 15) is 9.59 Å². The zero-order chi connectivity index (χ0) is 20.2. The third-order valence-corrected chi connectivity index (χ3v) is 4.70. The van der Waals surface area contributed by atoms with Gasteiger partial charge in [-0.2, -0.15) is 0 Å². The number of fused-ring (bicyclic) bond motifs is 1. The van der Waals surface area contributed by atoms with E-state index in [0.29, 0.717) is 35.0 Å². The van der Waals surface area contributed by atoms with Gasteiger partial charge in [-0.25, -0.2) is 0 Å². The van der Waals surface area contributed by atoms with Gasteiger partial charge in [0.1, 0.15) is 11.5 Å². The van der Waals surface area contributed by atoms with Crippen LogP contribution in [-0.2, 0) is 11.3 Å². The molecule has 3 aromatic carbocycles. The van der Waals surface area contributed by atoms with Crippen molar-refractivity contribution in [1.82, 2.24) is 0 Å². The number of methoxy groups -OCH3 is 1. The van der Waals surface area contributed by atoms with Crippen molar-refractivity contribution in [2.75, 3.05) is 23.9 Å². The first-order chi connectivity index (χ1) is 14.1. The van der Waals surface area contributed by atoms with Crippen molar-refractivity contribution >= 4 is 23.2 Å². The van der Waals surface area contributed by atoms with Crippen molar-refractivity contribution in [3.63, 3.8) is 0 Å². The molecule has 0 aromatic heterocycles. The molecule has 29 heavy (non-hydrogen) atoms. The van der Waals surface area contributed by atoms with Crippen LogP contribution in [0.5, 0.6) is 11.5 Å². The minimum Gasteiger partial charge on any atom is -0.497 e. The van der Waals surface area contributed by atoms with Crippen LogP contribution in [0.3, 0.4) is 0 Å². The Hall–Kier alpha value is -3.80. The van der Waals surface area contributed by atoms with E-state index < -0.39 is 0 Å². The molecule has 1 aliphatic heterocycles. The Bertz CT molecular complexity index is 1030. The average molecular weight is 388 g/mol. The van der Waals surface area contributed by atoms with Crippen LogP contribution in [0.1, 0.15) is 15.9 Å². The minimum absolute atomic E-state index is 0.0320. The fraction of sp³-hybridized carbons (Fsp3) is 0.130. The van der Waals surface area contributed by atoms with E-state index in [1.54, 1.807) is 54.5 Å². The van der Waals surface area contributed by atoms with E-state index in [2.05, 4.69) is 5.32 Å². The highest BCUT2D eigenvalue weighted by atomic mass is 16.5. The fourth-order valence-electron chi connectivity index (χ4n) is 3.17. The maximum absolute atomic E-state index is 12.5. The zero-order valence-corrected chi connectivity index (χ0v) is 15.9. The molecule has 0 unspecified atom stereocenters. The highest BCUT2D eigenvalue weighted by Gasteiger charge is 2.26. The van der Waals surface area contributed by atoms with Crippen molar-refractivity contribution < 1.29 is 19.1 Å². The number of nitrogens with one attached hydrogen (secondary N) is 1. The van der Waals surface area contributed by atoms with Crippen LogP contribution in [0.25, 0.3) is 0 Å². The van der Waals surface area contributed by atoms with E-state index in [1.165, 1.54) is 0 Å². The van der Waals surface area contributed by atoms with Gasteiger partial charge in [0.2, 0.25) is 0 Å². The second kappa shape index (κ2) is 8.06. The molecule has 0 fully saturated rings. The Morgan fingerprint density at radius 3 is 2.55 bits per heavy atom. The Balaban J connectivity index is 1.53. The van der Waals surface area contributed by atoms with Crippen molar-refractivity contribution in [3.05, 3.63) is 83.9 Å². The number of nitrogens with zero attached hydrogens (tertiary/aromatic N) is 1.